The largest absolute Gasteiger partial charge is 0.506 e. The molecule has 0 spiro atoms. The summed E-state index contributed by atoms with van der Waals surface area (Å²) in [5, 5.41) is 11.0. The molecule has 4 aromatic rings. The number of aromatic hydroxyl groups is 1. The summed E-state index contributed by atoms with van der Waals surface area (Å²) in [5.41, 5.74) is 3.96. The zero-order chi connectivity index (χ0) is 22.6. The van der Waals surface area contributed by atoms with E-state index in [1.807, 2.05) is 36.4 Å². The average Bonchev–Trinajstić information content (AvgIpc) is 3.27. The van der Waals surface area contributed by atoms with Crippen LogP contribution >= 0.6 is 0 Å². The van der Waals surface area contributed by atoms with Crippen LogP contribution in [0.3, 0.4) is 0 Å². The SMILES string of the molecule is CC1(C)Cc2ccccc2[C@H]2OC(c3cccc(Oc4ccc5cccc(O)c5n4)c3)=N[C@H]21. The van der Waals surface area contributed by atoms with Crippen LogP contribution in [-0.4, -0.2) is 22.0 Å². The van der Waals surface area contributed by atoms with E-state index in [4.69, 9.17) is 14.5 Å². The van der Waals surface area contributed by atoms with E-state index < -0.39 is 0 Å². The van der Waals surface area contributed by atoms with Crippen LogP contribution in [0.25, 0.3) is 10.9 Å². The third-order valence-electron chi connectivity index (χ3n) is 6.57. The molecule has 0 unspecified atom stereocenters. The van der Waals surface area contributed by atoms with E-state index in [0.717, 1.165) is 17.4 Å². The topological polar surface area (TPSA) is 63.9 Å². The standard InChI is InChI=1S/C28H24N2O3/c1-28(2)16-19-7-3-4-11-21(19)25-26(28)30-27(33-25)18-9-5-10-20(15-18)32-23-14-13-17-8-6-12-22(31)24(17)29-23/h3-15,25-26,31H,16H2,1-2H3/t25-,26-/m1/s1. The van der Waals surface area contributed by atoms with Crippen molar-refractivity contribution >= 4 is 16.8 Å². The first-order chi connectivity index (χ1) is 16.0. The van der Waals surface area contributed by atoms with Crippen molar-refractivity contribution in [2.24, 2.45) is 10.4 Å². The first-order valence-electron chi connectivity index (χ1n) is 11.2. The number of fused-ring (bicyclic) bond motifs is 4. The van der Waals surface area contributed by atoms with Crippen molar-refractivity contribution in [2.45, 2.75) is 32.4 Å². The Labute approximate surface area is 192 Å². The number of benzene rings is 3. The highest BCUT2D eigenvalue weighted by molar-refractivity contribution is 5.96. The molecule has 0 radical (unpaired) electrons. The van der Waals surface area contributed by atoms with Gasteiger partial charge in [0.2, 0.25) is 11.8 Å². The molecule has 1 N–H and O–H groups in total. The van der Waals surface area contributed by atoms with Gasteiger partial charge in [-0.3, -0.25) is 0 Å². The Hall–Kier alpha value is -3.86. The average molecular weight is 437 g/mol. The van der Waals surface area contributed by atoms with Gasteiger partial charge in [0.25, 0.3) is 0 Å². The number of phenolic OH excluding ortho intramolecular Hbond substituents is 1. The molecular formula is C28H24N2O3. The molecule has 5 nitrogen and oxygen atoms in total. The third kappa shape index (κ3) is 3.41. The molecule has 0 saturated carbocycles. The number of aliphatic imine (C=N–C) groups is 1. The lowest BCUT2D eigenvalue weighted by molar-refractivity contribution is 0.113. The maximum Gasteiger partial charge on any atom is 0.219 e. The second-order valence-electron chi connectivity index (χ2n) is 9.41. The summed E-state index contributed by atoms with van der Waals surface area (Å²) >= 11 is 0. The molecule has 2 atom stereocenters. The molecule has 2 heterocycles. The van der Waals surface area contributed by atoms with E-state index in [-0.39, 0.29) is 23.3 Å². The van der Waals surface area contributed by atoms with Gasteiger partial charge in [-0.05, 0) is 53.3 Å². The predicted molar refractivity (Wildman–Crippen MR) is 128 cm³/mol. The fourth-order valence-electron chi connectivity index (χ4n) is 4.92. The molecule has 0 saturated heterocycles. The summed E-state index contributed by atoms with van der Waals surface area (Å²) in [6, 6.07) is 25.3. The van der Waals surface area contributed by atoms with E-state index in [2.05, 4.69) is 43.1 Å². The molecule has 0 amide bonds. The summed E-state index contributed by atoms with van der Waals surface area (Å²) in [6.45, 7) is 4.52. The molecule has 2 aliphatic rings. The fourth-order valence-corrected chi connectivity index (χ4v) is 4.92. The highest BCUT2D eigenvalue weighted by Gasteiger charge is 2.47. The quantitative estimate of drug-likeness (QED) is 0.415. The molecule has 33 heavy (non-hydrogen) atoms. The van der Waals surface area contributed by atoms with Crippen LogP contribution < -0.4 is 4.74 Å². The van der Waals surface area contributed by atoms with Crippen molar-refractivity contribution in [3.63, 3.8) is 0 Å². The highest BCUT2D eigenvalue weighted by Crippen LogP contribution is 2.48. The van der Waals surface area contributed by atoms with E-state index in [0.29, 0.717) is 23.0 Å². The number of ether oxygens (including phenoxy) is 2. The highest BCUT2D eigenvalue weighted by atomic mass is 16.5. The van der Waals surface area contributed by atoms with E-state index >= 15 is 0 Å². The zero-order valence-electron chi connectivity index (χ0n) is 18.5. The normalized spacial score (nSPS) is 20.5. The first-order valence-corrected chi connectivity index (χ1v) is 11.2. The summed E-state index contributed by atoms with van der Waals surface area (Å²) in [6.07, 6.45) is 0.906. The summed E-state index contributed by atoms with van der Waals surface area (Å²) < 4.78 is 12.5. The van der Waals surface area contributed by atoms with Crippen molar-refractivity contribution in [2.75, 3.05) is 0 Å². The van der Waals surface area contributed by atoms with Gasteiger partial charge in [-0.2, -0.15) is 0 Å². The molecule has 0 fully saturated rings. The van der Waals surface area contributed by atoms with Gasteiger partial charge >= 0.3 is 0 Å². The van der Waals surface area contributed by atoms with Gasteiger partial charge in [0.05, 0.1) is 0 Å². The number of phenols is 1. The van der Waals surface area contributed by atoms with E-state index in [9.17, 15) is 5.11 Å². The molecule has 0 bridgehead atoms. The predicted octanol–water partition coefficient (Wildman–Crippen LogP) is 6.20. The maximum absolute atomic E-state index is 10.1. The number of hydrogen-bond donors (Lipinski definition) is 1. The van der Waals surface area contributed by atoms with E-state index in [1.54, 1.807) is 18.2 Å². The Kier molecular flexibility index (Phi) is 4.40. The van der Waals surface area contributed by atoms with Crippen LogP contribution in [0.5, 0.6) is 17.4 Å². The molecule has 5 heteroatoms. The number of hydrogen-bond acceptors (Lipinski definition) is 5. The molecule has 6 rings (SSSR count). The second-order valence-corrected chi connectivity index (χ2v) is 9.41. The Morgan fingerprint density at radius 3 is 2.73 bits per heavy atom. The van der Waals surface area contributed by atoms with Gasteiger partial charge in [-0.1, -0.05) is 56.3 Å². The molecule has 3 aromatic carbocycles. The number of para-hydroxylation sites is 1. The van der Waals surface area contributed by atoms with Crippen LogP contribution in [0.2, 0.25) is 0 Å². The van der Waals surface area contributed by atoms with Crippen molar-refractivity contribution in [3.8, 4) is 17.4 Å². The third-order valence-corrected chi connectivity index (χ3v) is 6.57. The fraction of sp³-hybridized carbons (Fsp3) is 0.214. The molecule has 1 aliphatic heterocycles. The Morgan fingerprint density at radius 2 is 1.82 bits per heavy atom. The number of rotatable bonds is 3. The monoisotopic (exact) mass is 436 g/mol. The Bertz CT molecular complexity index is 1410. The van der Waals surface area contributed by atoms with Crippen molar-refractivity contribution in [1.29, 1.82) is 0 Å². The lowest BCUT2D eigenvalue weighted by Crippen LogP contribution is -2.38. The van der Waals surface area contributed by atoms with Gasteiger partial charge in [-0.15, -0.1) is 0 Å². The van der Waals surface area contributed by atoms with Crippen LogP contribution in [0.4, 0.5) is 0 Å². The molecule has 1 aliphatic carbocycles. The minimum atomic E-state index is -0.0744. The van der Waals surface area contributed by atoms with Crippen molar-refractivity contribution in [1.82, 2.24) is 4.98 Å². The van der Waals surface area contributed by atoms with Crippen LogP contribution in [0.1, 0.15) is 36.6 Å². The van der Waals surface area contributed by atoms with Gasteiger partial charge < -0.3 is 14.6 Å². The van der Waals surface area contributed by atoms with Crippen LogP contribution in [0.15, 0.2) is 83.9 Å². The molecule has 1 aromatic heterocycles. The lowest BCUT2D eigenvalue weighted by Gasteiger charge is -2.38. The zero-order valence-corrected chi connectivity index (χ0v) is 18.5. The lowest BCUT2D eigenvalue weighted by atomic mass is 9.69. The van der Waals surface area contributed by atoms with E-state index in [1.165, 1.54) is 11.1 Å². The summed E-state index contributed by atoms with van der Waals surface area (Å²) in [5.74, 6) is 1.82. The van der Waals surface area contributed by atoms with Crippen LogP contribution in [0, 0.1) is 5.41 Å². The minimum Gasteiger partial charge on any atom is -0.506 e. The van der Waals surface area contributed by atoms with Gasteiger partial charge in [0.1, 0.15) is 29.2 Å². The first kappa shape index (κ1) is 19.8. The Balaban J connectivity index is 1.30. The minimum absolute atomic E-state index is 0.00585. The summed E-state index contributed by atoms with van der Waals surface area (Å²) in [4.78, 5) is 9.49. The molecule has 164 valence electrons. The second kappa shape index (κ2) is 7.34. The van der Waals surface area contributed by atoms with Crippen molar-refractivity contribution in [3.05, 3.63) is 95.6 Å². The van der Waals surface area contributed by atoms with Crippen molar-refractivity contribution < 1.29 is 14.6 Å². The number of aromatic nitrogens is 1. The summed E-state index contributed by atoms with van der Waals surface area (Å²) in [7, 11) is 0. The molecular weight excluding hydrogens is 412 g/mol. The van der Waals surface area contributed by atoms with Gasteiger partial charge in [0.15, 0.2) is 0 Å². The van der Waals surface area contributed by atoms with Gasteiger partial charge in [0, 0.05) is 17.0 Å². The maximum atomic E-state index is 10.1. The number of pyridine rings is 1. The van der Waals surface area contributed by atoms with Crippen LogP contribution in [-0.2, 0) is 11.2 Å². The van der Waals surface area contributed by atoms with Gasteiger partial charge in [-0.25, -0.2) is 9.98 Å². The Morgan fingerprint density at radius 1 is 0.970 bits per heavy atom. The smallest absolute Gasteiger partial charge is 0.219 e. The number of nitrogens with zero attached hydrogens (tertiary/aromatic N) is 2.